The van der Waals surface area contributed by atoms with Crippen LogP contribution >= 0.6 is 0 Å². The second-order valence-electron chi connectivity index (χ2n) is 6.18. The molecular formula is C13H24N2O3. The lowest BCUT2D eigenvalue weighted by Gasteiger charge is -2.55. The normalized spacial score (nSPS) is 27.9. The highest BCUT2D eigenvalue weighted by molar-refractivity contribution is 5.70. The molecule has 3 aliphatic rings. The first-order chi connectivity index (χ1) is 8.40. The number of piperidine rings is 1. The van der Waals surface area contributed by atoms with Crippen LogP contribution in [0.4, 0.5) is 4.79 Å². The minimum Gasteiger partial charge on any atom is -0.444 e. The van der Waals surface area contributed by atoms with Crippen molar-refractivity contribution in [3.8, 4) is 0 Å². The van der Waals surface area contributed by atoms with Gasteiger partial charge in [-0.05, 0) is 27.2 Å². The maximum atomic E-state index is 12.0. The van der Waals surface area contributed by atoms with Crippen LogP contribution in [-0.4, -0.2) is 66.9 Å². The maximum Gasteiger partial charge on any atom is 0.410 e. The van der Waals surface area contributed by atoms with Gasteiger partial charge in [-0.1, -0.05) is 0 Å². The van der Waals surface area contributed by atoms with E-state index in [2.05, 4.69) is 4.90 Å². The molecule has 5 heteroatoms. The highest BCUT2D eigenvalue weighted by atomic mass is 16.6. The van der Waals surface area contributed by atoms with E-state index in [0.717, 1.165) is 32.7 Å². The lowest BCUT2D eigenvalue weighted by atomic mass is 9.88. The summed E-state index contributed by atoms with van der Waals surface area (Å²) in [5.41, 5.74) is -0.406. The Balaban J connectivity index is 1.83. The highest BCUT2D eigenvalue weighted by Gasteiger charge is 2.48. The molecule has 0 aliphatic carbocycles. The van der Waals surface area contributed by atoms with Gasteiger partial charge in [-0.3, -0.25) is 9.80 Å². The van der Waals surface area contributed by atoms with Crippen molar-refractivity contribution in [2.75, 3.05) is 33.4 Å². The third kappa shape index (κ3) is 2.95. The molecule has 0 aromatic rings. The molecule has 3 saturated heterocycles. The number of ether oxygens (including phenoxy) is 2. The van der Waals surface area contributed by atoms with Crippen molar-refractivity contribution >= 4 is 6.09 Å². The molecule has 0 N–H and O–H groups in total. The van der Waals surface area contributed by atoms with E-state index >= 15 is 0 Å². The van der Waals surface area contributed by atoms with E-state index in [1.165, 1.54) is 0 Å². The summed E-state index contributed by atoms with van der Waals surface area (Å²) in [5.74, 6) is 0. The Morgan fingerprint density at radius 2 is 1.89 bits per heavy atom. The Morgan fingerprint density at radius 3 is 2.39 bits per heavy atom. The summed E-state index contributed by atoms with van der Waals surface area (Å²) in [7, 11) is 1.72. The van der Waals surface area contributed by atoms with Gasteiger partial charge in [-0.2, -0.15) is 0 Å². The maximum absolute atomic E-state index is 12.0. The fourth-order valence-electron chi connectivity index (χ4n) is 2.71. The lowest BCUT2D eigenvalue weighted by Crippen LogP contribution is -2.70. The number of hydrogen-bond acceptors (Lipinski definition) is 4. The number of hydrogen-bond donors (Lipinski definition) is 0. The van der Waals surface area contributed by atoms with Crippen LogP contribution in [-0.2, 0) is 9.47 Å². The first kappa shape index (κ1) is 13.6. The summed E-state index contributed by atoms with van der Waals surface area (Å²) in [4.78, 5) is 16.3. The molecule has 0 spiro atoms. The molecule has 1 amide bonds. The van der Waals surface area contributed by atoms with E-state index in [1.54, 1.807) is 7.11 Å². The molecule has 3 heterocycles. The van der Waals surface area contributed by atoms with Gasteiger partial charge >= 0.3 is 6.09 Å². The Bertz CT molecular complexity index is 302. The van der Waals surface area contributed by atoms with Gasteiger partial charge in [0, 0.05) is 26.7 Å². The first-order valence-electron chi connectivity index (χ1n) is 6.63. The third-order valence-corrected chi connectivity index (χ3v) is 3.48. The van der Waals surface area contributed by atoms with Crippen molar-refractivity contribution in [1.29, 1.82) is 0 Å². The van der Waals surface area contributed by atoms with Crippen LogP contribution in [0.3, 0.4) is 0 Å². The quantitative estimate of drug-likeness (QED) is 0.764. The number of fused-ring (bicyclic) bond motifs is 2. The molecule has 2 atom stereocenters. The minimum absolute atomic E-state index is 0.157. The molecule has 0 aromatic carbocycles. The number of carbonyl (C=O) groups is 1. The molecule has 0 radical (unpaired) electrons. The van der Waals surface area contributed by atoms with E-state index in [-0.39, 0.29) is 6.09 Å². The fraction of sp³-hybridized carbons (Fsp3) is 0.923. The van der Waals surface area contributed by atoms with Crippen LogP contribution in [0.15, 0.2) is 0 Å². The number of rotatable bonds is 3. The van der Waals surface area contributed by atoms with E-state index in [1.807, 2.05) is 25.7 Å². The van der Waals surface area contributed by atoms with Crippen LogP contribution in [0, 0.1) is 0 Å². The van der Waals surface area contributed by atoms with Crippen molar-refractivity contribution in [1.82, 2.24) is 9.80 Å². The van der Waals surface area contributed by atoms with Gasteiger partial charge in [0.25, 0.3) is 0 Å². The first-order valence-corrected chi connectivity index (χ1v) is 6.63. The van der Waals surface area contributed by atoms with E-state index < -0.39 is 5.60 Å². The largest absolute Gasteiger partial charge is 0.444 e. The Morgan fingerprint density at radius 1 is 1.28 bits per heavy atom. The highest BCUT2D eigenvalue weighted by Crippen LogP contribution is 2.33. The van der Waals surface area contributed by atoms with Crippen molar-refractivity contribution in [2.45, 2.75) is 44.9 Å². The molecule has 3 aliphatic heterocycles. The fourth-order valence-corrected chi connectivity index (χ4v) is 2.71. The molecule has 0 aromatic heterocycles. The number of amides is 1. The van der Waals surface area contributed by atoms with Crippen molar-refractivity contribution in [3.63, 3.8) is 0 Å². The van der Waals surface area contributed by atoms with E-state index in [0.29, 0.717) is 12.1 Å². The number of piperazine rings is 1. The lowest BCUT2D eigenvalue weighted by molar-refractivity contribution is -0.0789. The van der Waals surface area contributed by atoms with Gasteiger partial charge in [0.05, 0.1) is 18.7 Å². The average Bonchev–Trinajstić information content (AvgIpc) is 2.23. The minimum atomic E-state index is -0.406. The van der Waals surface area contributed by atoms with Crippen molar-refractivity contribution < 1.29 is 14.3 Å². The summed E-state index contributed by atoms with van der Waals surface area (Å²) in [6, 6.07) is 0.658. The molecule has 3 rings (SSSR count). The molecule has 18 heavy (non-hydrogen) atoms. The average molecular weight is 256 g/mol. The summed E-state index contributed by atoms with van der Waals surface area (Å²) in [6.45, 7) is 9.32. The Labute approximate surface area is 109 Å². The van der Waals surface area contributed by atoms with Gasteiger partial charge in [-0.25, -0.2) is 4.79 Å². The number of carbonyl (C=O) groups excluding carboxylic acids is 1. The van der Waals surface area contributed by atoms with Crippen LogP contribution < -0.4 is 0 Å². The molecule has 2 unspecified atom stereocenters. The van der Waals surface area contributed by atoms with E-state index in [9.17, 15) is 4.79 Å². The zero-order valence-corrected chi connectivity index (χ0v) is 11.8. The molecule has 3 fully saturated rings. The Hall–Kier alpha value is -0.810. The van der Waals surface area contributed by atoms with Gasteiger partial charge in [0.15, 0.2) is 0 Å². The monoisotopic (exact) mass is 256 g/mol. The topological polar surface area (TPSA) is 42.0 Å². The van der Waals surface area contributed by atoms with Crippen LogP contribution in [0.5, 0.6) is 0 Å². The number of methoxy groups -OCH3 is 1. The zero-order valence-electron chi connectivity index (χ0n) is 11.8. The second kappa shape index (κ2) is 5.05. The van der Waals surface area contributed by atoms with Gasteiger partial charge in [0.1, 0.15) is 5.60 Å². The predicted octanol–water partition coefficient (Wildman–Crippen LogP) is 1.33. The summed E-state index contributed by atoms with van der Waals surface area (Å²) < 4.78 is 10.5. The van der Waals surface area contributed by atoms with E-state index in [4.69, 9.17) is 9.47 Å². The molecular weight excluding hydrogens is 232 g/mol. The Kier molecular flexibility index (Phi) is 3.82. The molecule has 5 nitrogen and oxygen atoms in total. The summed E-state index contributed by atoms with van der Waals surface area (Å²) >= 11 is 0. The second-order valence-corrected chi connectivity index (χ2v) is 6.18. The van der Waals surface area contributed by atoms with Gasteiger partial charge in [0.2, 0.25) is 0 Å². The van der Waals surface area contributed by atoms with Gasteiger partial charge < -0.3 is 9.47 Å². The smallest absolute Gasteiger partial charge is 0.410 e. The molecule has 0 saturated carbocycles. The SMILES string of the molecule is COCCN1CC2CC(C1)N2C(=O)OC(C)(C)C. The molecule has 104 valence electrons. The number of nitrogens with zero attached hydrogens (tertiary/aromatic N) is 2. The predicted molar refractivity (Wildman–Crippen MR) is 68.6 cm³/mol. The molecule has 2 bridgehead atoms. The standard InChI is InChI=1S/C13H24N2O3/c1-13(2,3)18-12(16)15-10-7-11(15)9-14(8-10)5-6-17-4/h10-11H,5-9H2,1-4H3. The van der Waals surface area contributed by atoms with Crippen LogP contribution in [0.1, 0.15) is 27.2 Å². The van der Waals surface area contributed by atoms with Crippen molar-refractivity contribution in [3.05, 3.63) is 0 Å². The van der Waals surface area contributed by atoms with Gasteiger partial charge in [-0.15, -0.1) is 0 Å². The zero-order chi connectivity index (χ0) is 13.3. The van der Waals surface area contributed by atoms with Crippen LogP contribution in [0.2, 0.25) is 0 Å². The van der Waals surface area contributed by atoms with Crippen molar-refractivity contribution in [2.24, 2.45) is 0 Å². The summed E-state index contributed by atoms with van der Waals surface area (Å²) in [6.07, 6.45) is 0.957. The third-order valence-electron chi connectivity index (χ3n) is 3.48. The summed E-state index contributed by atoms with van der Waals surface area (Å²) in [5, 5.41) is 0. The van der Waals surface area contributed by atoms with Crippen LogP contribution in [0.25, 0.3) is 0 Å².